The lowest BCUT2D eigenvalue weighted by Crippen LogP contribution is -2.40. The minimum Gasteiger partial charge on any atom is -0.368 e. The molecule has 0 spiro atoms. The van der Waals surface area contributed by atoms with Gasteiger partial charge in [0.05, 0.1) is 0 Å². The molecule has 0 radical (unpaired) electrons. The van der Waals surface area contributed by atoms with E-state index < -0.39 is 0 Å². The Morgan fingerprint density at radius 1 is 1.32 bits per heavy atom. The van der Waals surface area contributed by atoms with E-state index in [2.05, 4.69) is 39.5 Å². The number of piperidine rings is 1. The SMILES string of the molecule is CCNc1nc(C)cc(NCC2CCCCN2C)n1. The smallest absolute Gasteiger partial charge is 0.224 e. The lowest BCUT2D eigenvalue weighted by atomic mass is 10.0. The summed E-state index contributed by atoms with van der Waals surface area (Å²) >= 11 is 0. The molecule has 1 unspecified atom stereocenters. The van der Waals surface area contributed by atoms with Gasteiger partial charge in [-0.25, -0.2) is 4.98 Å². The molecule has 0 amide bonds. The average molecular weight is 263 g/mol. The summed E-state index contributed by atoms with van der Waals surface area (Å²) < 4.78 is 0. The molecule has 2 heterocycles. The molecule has 1 fully saturated rings. The number of likely N-dealkylation sites (N-methyl/N-ethyl adjacent to an activating group) is 1. The van der Waals surface area contributed by atoms with Gasteiger partial charge in [0, 0.05) is 30.9 Å². The first-order chi connectivity index (χ1) is 9.19. The summed E-state index contributed by atoms with van der Waals surface area (Å²) in [6, 6.07) is 2.62. The third-order valence-electron chi connectivity index (χ3n) is 3.63. The maximum Gasteiger partial charge on any atom is 0.224 e. The molecule has 2 N–H and O–H groups in total. The van der Waals surface area contributed by atoms with Crippen LogP contribution in [0, 0.1) is 6.92 Å². The number of nitrogens with zero attached hydrogens (tertiary/aromatic N) is 3. The van der Waals surface area contributed by atoms with Gasteiger partial charge in [-0.1, -0.05) is 6.42 Å². The number of aryl methyl sites for hydroxylation is 1. The summed E-state index contributed by atoms with van der Waals surface area (Å²) in [6.07, 6.45) is 3.93. The Hall–Kier alpha value is -1.36. The maximum absolute atomic E-state index is 4.48. The van der Waals surface area contributed by atoms with Crippen LogP contribution in [0.25, 0.3) is 0 Å². The molecular formula is C14H25N5. The van der Waals surface area contributed by atoms with Crippen molar-refractivity contribution in [1.29, 1.82) is 0 Å². The zero-order valence-corrected chi connectivity index (χ0v) is 12.2. The Labute approximate surface area is 115 Å². The summed E-state index contributed by atoms with van der Waals surface area (Å²) in [4.78, 5) is 11.3. The molecule has 0 bridgehead atoms. The molecule has 1 saturated heterocycles. The van der Waals surface area contributed by atoms with Crippen molar-refractivity contribution in [3.05, 3.63) is 11.8 Å². The quantitative estimate of drug-likeness (QED) is 0.852. The van der Waals surface area contributed by atoms with Crippen LogP contribution in [-0.2, 0) is 0 Å². The summed E-state index contributed by atoms with van der Waals surface area (Å²) in [5, 5.41) is 6.61. The highest BCUT2D eigenvalue weighted by molar-refractivity contribution is 5.42. The van der Waals surface area contributed by atoms with Crippen molar-refractivity contribution >= 4 is 11.8 Å². The van der Waals surface area contributed by atoms with Gasteiger partial charge in [0.25, 0.3) is 0 Å². The fourth-order valence-electron chi connectivity index (χ4n) is 2.52. The summed E-state index contributed by atoms with van der Waals surface area (Å²) in [5.41, 5.74) is 0.991. The Balaban J connectivity index is 1.94. The van der Waals surface area contributed by atoms with Gasteiger partial charge in [-0.05, 0) is 40.3 Å². The molecule has 0 aromatic carbocycles. The second-order valence-electron chi connectivity index (χ2n) is 5.26. The molecule has 2 rings (SSSR count). The molecule has 19 heavy (non-hydrogen) atoms. The Kier molecular flexibility index (Phi) is 4.96. The van der Waals surface area contributed by atoms with Gasteiger partial charge in [-0.15, -0.1) is 0 Å². The van der Waals surface area contributed by atoms with Gasteiger partial charge < -0.3 is 15.5 Å². The molecule has 1 atom stereocenters. The highest BCUT2D eigenvalue weighted by atomic mass is 15.2. The number of nitrogens with one attached hydrogen (secondary N) is 2. The van der Waals surface area contributed by atoms with Gasteiger partial charge in [0.2, 0.25) is 5.95 Å². The van der Waals surface area contributed by atoms with Gasteiger partial charge in [0.15, 0.2) is 0 Å². The molecule has 0 saturated carbocycles. The highest BCUT2D eigenvalue weighted by Gasteiger charge is 2.18. The lowest BCUT2D eigenvalue weighted by molar-refractivity contribution is 0.194. The first kappa shape index (κ1) is 14.1. The second kappa shape index (κ2) is 6.70. The van der Waals surface area contributed by atoms with Crippen LogP contribution in [0.2, 0.25) is 0 Å². The minimum absolute atomic E-state index is 0.617. The van der Waals surface area contributed by atoms with Crippen molar-refractivity contribution in [2.75, 3.05) is 37.3 Å². The first-order valence-electron chi connectivity index (χ1n) is 7.22. The van der Waals surface area contributed by atoms with Gasteiger partial charge >= 0.3 is 0 Å². The van der Waals surface area contributed by atoms with Crippen molar-refractivity contribution in [2.24, 2.45) is 0 Å². The van der Waals surface area contributed by atoms with Crippen molar-refractivity contribution in [1.82, 2.24) is 14.9 Å². The molecular weight excluding hydrogens is 238 g/mol. The van der Waals surface area contributed by atoms with Crippen LogP contribution >= 0.6 is 0 Å². The van der Waals surface area contributed by atoms with Crippen LogP contribution in [0.15, 0.2) is 6.07 Å². The second-order valence-corrected chi connectivity index (χ2v) is 5.26. The molecule has 5 nitrogen and oxygen atoms in total. The van der Waals surface area contributed by atoms with E-state index in [1.165, 1.54) is 25.8 Å². The zero-order valence-electron chi connectivity index (χ0n) is 12.2. The Morgan fingerprint density at radius 2 is 2.16 bits per heavy atom. The Bertz CT molecular complexity index is 407. The van der Waals surface area contributed by atoms with Crippen molar-refractivity contribution in [3.8, 4) is 0 Å². The Morgan fingerprint density at radius 3 is 2.89 bits per heavy atom. The van der Waals surface area contributed by atoms with Crippen LogP contribution < -0.4 is 10.6 Å². The maximum atomic E-state index is 4.48. The number of rotatable bonds is 5. The average Bonchev–Trinajstić information content (AvgIpc) is 2.37. The summed E-state index contributed by atoms with van der Waals surface area (Å²) in [7, 11) is 2.21. The minimum atomic E-state index is 0.617. The summed E-state index contributed by atoms with van der Waals surface area (Å²) in [6.45, 7) is 7.06. The van der Waals surface area contributed by atoms with Crippen LogP contribution in [0.1, 0.15) is 31.9 Å². The summed E-state index contributed by atoms with van der Waals surface area (Å²) in [5.74, 6) is 1.63. The normalized spacial score (nSPS) is 20.3. The van der Waals surface area contributed by atoms with Crippen molar-refractivity contribution in [3.63, 3.8) is 0 Å². The van der Waals surface area contributed by atoms with E-state index in [9.17, 15) is 0 Å². The molecule has 1 aliphatic heterocycles. The third kappa shape index (κ3) is 4.06. The number of hydrogen-bond acceptors (Lipinski definition) is 5. The molecule has 0 aliphatic carbocycles. The molecule has 1 aromatic rings. The van der Waals surface area contributed by atoms with Gasteiger partial charge in [-0.3, -0.25) is 0 Å². The first-order valence-corrected chi connectivity index (χ1v) is 7.22. The fraction of sp³-hybridized carbons (Fsp3) is 0.714. The lowest BCUT2D eigenvalue weighted by Gasteiger charge is -2.32. The van der Waals surface area contributed by atoms with E-state index in [1.807, 2.05) is 13.0 Å². The van der Waals surface area contributed by atoms with Crippen LogP contribution in [-0.4, -0.2) is 47.6 Å². The largest absolute Gasteiger partial charge is 0.368 e. The number of aromatic nitrogens is 2. The topological polar surface area (TPSA) is 53.1 Å². The number of anilines is 2. The van der Waals surface area contributed by atoms with Gasteiger partial charge in [-0.2, -0.15) is 4.98 Å². The van der Waals surface area contributed by atoms with E-state index in [1.54, 1.807) is 0 Å². The van der Waals surface area contributed by atoms with Crippen LogP contribution in [0.5, 0.6) is 0 Å². The van der Waals surface area contributed by atoms with E-state index >= 15 is 0 Å². The predicted octanol–water partition coefficient (Wildman–Crippen LogP) is 2.11. The van der Waals surface area contributed by atoms with E-state index in [0.29, 0.717) is 12.0 Å². The predicted molar refractivity (Wildman–Crippen MR) is 79.7 cm³/mol. The molecule has 1 aromatic heterocycles. The van der Waals surface area contributed by atoms with E-state index in [4.69, 9.17) is 0 Å². The van der Waals surface area contributed by atoms with Crippen LogP contribution in [0.4, 0.5) is 11.8 Å². The van der Waals surface area contributed by atoms with E-state index in [-0.39, 0.29) is 0 Å². The third-order valence-corrected chi connectivity index (χ3v) is 3.63. The number of hydrogen-bond donors (Lipinski definition) is 2. The number of likely N-dealkylation sites (tertiary alicyclic amines) is 1. The van der Waals surface area contributed by atoms with Crippen molar-refractivity contribution < 1.29 is 0 Å². The van der Waals surface area contributed by atoms with Crippen LogP contribution in [0.3, 0.4) is 0 Å². The monoisotopic (exact) mass is 263 g/mol. The molecule has 1 aliphatic rings. The standard InChI is InChI=1S/C14H25N5/c1-4-15-14-17-11(2)9-13(18-14)16-10-12-7-5-6-8-19(12)3/h9,12H,4-8,10H2,1-3H3,(H2,15,16,17,18). The highest BCUT2D eigenvalue weighted by Crippen LogP contribution is 2.16. The zero-order chi connectivity index (χ0) is 13.7. The van der Waals surface area contributed by atoms with Gasteiger partial charge in [0.1, 0.15) is 5.82 Å². The van der Waals surface area contributed by atoms with E-state index in [0.717, 1.165) is 24.6 Å². The molecule has 5 heteroatoms. The van der Waals surface area contributed by atoms with Crippen molar-refractivity contribution in [2.45, 2.75) is 39.2 Å². The fourth-order valence-corrected chi connectivity index (χ4v) is 2.52. The molecule has 106 valence electrons.